The number of hydrogen-bond acceptors (Lipinski definition) is 8. The van der Waals surface area contributed by atoms with Crippen LogP contribution in [0.3, 0.4) is 0 Å². The fraction of sp³-hybridized carbons (Fsp3) is 0.462. The van der Waals surface area contributed by atoms with Crippen molar-refractivity contribution >= 4 is 50.9 Å². The van der Waals surface area contributed by atoms with Gasteiger partial charge in [0, 0.05) is 50.1 Å². The van der Waals surface area contributed by atoms with Crippen LogP contribution >= 0.6 is 11.6 Å². The first-order chi connectivity index (χ1) is 17.7. The van der Waals surface area contributed by atoms with Crippen LogP contribution in [-0.4, -0.2) is 72.2 Å². The molecule has 1 radical (unpaired) electrons. The van der Waals surface area contributed by atoms with Gasteiger partial charge in [-0.05, 0) is 60.7 Å². The predicted molar refractivity (Wildman–Crippen MR) is 146 cm³/mol. The number of Topliss-reactive ketones (excluding diaryl/α,β-unsaturated/α-hetero) is 2. The minimum absolute atomic E-state index is 0. The predicted octanol–water partition coefficient (Wildman–Crippen LogP) is 4.46. The van der Waals surface area contributed by atoms with E-state index in [0.717, 1.165) is 61.1 Å². The van der Waals surface area contributed by atoms with Crippen LogP contribution in [0.1, 0.15) is 61.3 Å². The monoisotopic (exact) mass is 575 g/mol. The molecule has 0 amide bonds. The van der Waals surface area contributed by atoms with Gasteiger partial charge in [0.25, 0.3) is 0 Å². The van der Waals surface area contributed by atoms with E-state index in [9.17, 15) is 9.59 Å². The zero-order chi connectivity index (χ0) is 26.7. The number of nitrogens with one attached hydrogen (secondary N) is 1. The number of pyridine rings is 2. The van der Waals surface area contributed by atoms with E-state index < -0.39 is 0 Å². The Labute approximate surface area is 239 Å². The Kier molecular flexibility index (Phi) is 10.1. The molecule has 1 aliphatic rings. The fourth-order valence-corrected chi connectivity index (χ4v) is 4.83. The van der Waals surface area contributed by atoms with Crippen molar-refractivity contribution in [3.05, 3.63) is 40.9 Å². The fourth-order valence-electron chi connectivity index (χ4n) is 4.51. The summed E-state index contributed by atoms with van der Waals surface area (Å²) in [6.07, 6.45) is 8.80. The van der Waals surface area contributed by atoms with Crippen LogP contribution in [0, 0.1) is 0 Å². The summed E-state index contributed by atoms with van der Waals surface area (Å²) in [4.78, 5) is 34.2. The first-order valence-corrected chi connectivity index (χ1v) is 12.9. The second kappa shape index (κ2) is 12.8. The number of aromatic nitrogens is 6. The number of piperidine rings is 1. The molecule has 12 heteroatoms. The summed E-state index contributed by atoms with van der Waals surface area (Å²) in [5.41, 5.74) is 3.55. The molecule has 0 aromatic carbocycles. The number of nitrogens with zero attached hydrogens (tertiary/aromatic N) is 7. The number of likely N-dealkylation sites (tertiary alicyclic amines) is 1. The number of carbonyl (C=O) groups excluding carboxylic acids is 2. The Morgan fingerprint density at radius 3 is 1.92 bits per heavy atom. The average Bonchev–Trinajstić information content (AvgIpc) is 3.50. The molecule has 1 aliphatic heterocycles. The average molecular weight is 576 g/mol. The van der Waals surface area contributed by atoms with E-state index in [1.807, 2.05) is 24.7 Å². The number of rotatable bonds is 6. The zero-order valence-electron chi connectivity index (χ0n) is 22.4. The number of halogens is 1. The molecule has 4 aromatic heterocycles. The van der Waals surface area contributed by atoms with E-state index in [0.29, 0.717) is 27.8 Å². The van der Waals surface area contributed by atoms with Gasteiger partial charge >= 0.3 is 0 Å². The molecule has 0 unspecified atom stereocenters. The van der Waals surface area contributed by atoms with Gasteiger partial charge in [-0.1, -0.05) is 11.6 Å². The van der Waals surface area contributed by atoms with Crippen molar-refractivity contribution < 1.29 is 28.1 Å². The quantitative estimate of drug-likeness (QED) is 0.335. The molecule has 0 aliphatic carbocycles. The van der Waals surface area contributed by atoms with Gasteiger partial charge in [0.05, 0.1) is 45.0 Å². The van der Waals surface area contributed by atoms with E-state index in [4.69, 9.17) is 11.6 Å². The van der Waals surface area contributed by atoms with Crippen molar-refractivity contribution in [3.63, 3.8) is 0 Å². The van der Waals surface area contributed by atoms with Crippen molar-refractivity contribution in [2.75, 3.05) is 25.5 Å². The maximum Gasteiger partial charge on any atom is 0.163 e. The molecule has 1 saturated heterocycles. The van der Waals surface area contributed by atoms with Crippen LogP contribution < -0.4 is 5.32 Å². The first kappa shape index (κ1) is 29.8. The third kappa shape index (κ3) is 6.09. The molecule has 0 atom stereocenters. The smallest absolute Gasteiger partial charge is 0.163 e. The van der Waals surface area contributed by atoms with Gasteiger partial charge in [-0.25, -0.2) is 19.3 Å². The summed E-state index contributed by atoms with van der Waals surface area (Å²) in [7, 11) is 2.15. The van der Waals surface area contributed by atoms with Crippen molar-refractivity contribution in [1.82, 2.24) is 34.4 Å². The van der Waals surface area contributed by atoms with E-state index in [1.54, 1.807) is 24.0 Å². The van der Waals surface area contributed by atoms with Crippen molar-refractivity contribution in [3.8, 4) is 0 Å². The molecule has 1 N–H and O–H groups in total. The van der Waals surface area contributed by atoms with Crippen LogP contribution in [0.15, 0.2) is 24.8 Å². The zero-order valence-corrected chi connectivity index (χ0v) is 24.6. The Bertz CT molecular complexity index is 1440. The molecule has 5 rings (SSSR count). The minimum Gasteiger partial charge on any atom is -0.381 e. The van der Waals surface area contributed by atoms with E-state index in [2.05, 4.69) is 37.4 Å². The molecule has 0 bridgehead atoms. The molecule has 38 heavy (non-hydrogen) atoms. The van der Waals surface area contributed by atoms with Gasteiger partial charge < -0.3 is 10.2 Å². The van der Waals surface area contributed by atoms with E-state index >= 15 is 0 Å². The molecule has 1 fully saturated rings. The summed E-state index contributed by atoms with van der Waals surface area (Å²) >= 11 is 6.09. The van der Waals surface area contributed by atoms with Crippen molar-refractivity contribution in [2.45, 2.75) is 59.7 Å². The Balaban J connectivity index is 0.000000220. The van der Waals surface area contributed by atoms with Crippen LogP contribution in [0.25, 0.3) is 22.1 Å². The maximum atomic E-state index is 12.0. The summed E-state index contributed by atoms with van der Waals surface area (Å²) in [6, 6.07) is 0.393. The Morgan fingerprint density at radius 1 is 0.895 bits per heavy atom. The topological polar surface area (TPSA) is 111 Å². The molecular weight excluding hydrogens is 543 g/mol. The summed E-state index contributed by atoms with van der Waals surface area (Å²) in [5.74, 6) is -0.0484. The third-order valence-electron chi connectivity index (χ3n) is 6.69. The number of ketones is 2. The molecule has 0 spiro atoms. The SMILES string of the molecule is CCn1ncc2c(Cl)c(C(C)=O)cnc21.CCn1ncc2c(NC3CCN(C)CC3)c(C(C)=O)cnc21.[V]. The molecule has 0 saturated carbocycles. The number of carbonyl (C=O) groups is 2. The molecule has 201 valence electrons. The molecule has 10 nitrogen and oxygen atoms in total. The Hall–Kier alpha value is -2.79. The van der Waals surface area contributed by atoms with E-state index in [-0.39, 0.29) is 30.1 Å². The summed E-state index contributed by atoms with van der Waals surface area (Å²) < 4.78 is 3.60. The van der Waals surface area contributed by atoms with Gasteiger partial charge in [-0.15, -0.1) is 0 Å². The molecule has 4 aromatic rings. The summed E-state index contributed by atoms with van der Waals surface area (Å²) in [5, 5.41) is 14.2. The van der Waals surface area contributed by atoms with Crippen LogP contribution in [0.2, 0.25) is 5.02 Å². The number of anilines is 1. The first-order valence-electron chi connectivity index (χ1n) is 12.6. The molecule has 5 heterocycles. The third-order valence-corrected chi connectivity index (χ3v) is 7.10. The number of hydrogen-bond donors (Lipinski definition) is 1. The minimum atomic E-state index is -0.0846. The van der Waals surface area contributed by atoms with Gasteiger partial charge in [0.2, 0.25) is 0 Å². The molecular formula is C26H33ClN8O2V. The largest absolute Gasteiger partial charge is 0.381 e. The van der Waals surface area contributed by atoms with E-state index in [1.165, 1.54) is 13.1 Å². The Morgan fingerprint density at radius 2 is 1.39 bits per heavy atom. The van der Waals surface area contributed by atoms with Gasteiger partial charge in [0.1, 0.15) is 0 Å². The van der Waals surface area contributed by atoms with Crippen LogP contribution in [-0.2, 0) is 31.6 Å². The van der Waals surface area contributed by atoms with Crippen LogP contribution in [0.4, 0.5) is 5.69 Å². The number of aryl methyl sites for hydroxylation is 2. The van der Waals surface area contributed by atoms with Gasteiger partial charge in [0.15, 0.2) is 22.9 Å². The summed E-state index contributed by atoms with van der Waals surface area (Å²) in [6.45, 7) is 10.7. The normalized spacial score (nSPS) is 14.2. The maximum absolute atomic E-state index is 12.0. The van der Waals surface area contributed by atoms with Crippen molar-refractivity contribution in [1.29, 1.82) is 0 Å². The van der Waals surface area contributed by atoms with Crippen molar-refractivity contribution in [2.24, 2.45) is 0 Å². The second-order valence-corrected chi connectivity index (χ2v) is 9.64. The standard InChI is InChI=1S/C16H23N5O.C10H10ClN3O.V/c1-4-21-16-14(10-18-21)15(13(9-17-16)11(2)22)19-12-5-7-20(3)8-6-12;1-3-14-10-8(5-13-14)9(11)7(4-12-10)6(2)15;/h9-10,12H,4-8H2,1-3H3,(H,17,19);4-5H,3H2,1-2H3;. The van der Waals surface area contributed by atoms with Crippen LogP contribution in [0.5, 0.6) is 0 Å². The van der Waals surface area contributed by atoms with Gasteiger partial charge in [-0.2, -0.15) is 10.2 Å². The number of fused-ring (bicyclic) bond motifs is 2. The van der Waals surface area contributed by atoms with Gasteiger partial charge in [-0.3, -0.25) is 9.59 Å². The second-order valence-electron chi connectivity index (χ2n) is 9.26.